The smallest absolute Gasteiger partial charge is 0.193 e. The summed E-state index contributed by atoms with van der Waals surface area (Å²) in [5, 5.41) is 0. The van der Waals surface area contributed by atoms with Crippen molar-refractivity contribution in [2.75, 3.05) is 0 Å². The zero-order chi connectivity index (χ0) is 13.6. The summed E-state index contributed by atoms with van der Waals surface area (Å²) in [6, 6.07) is 5.56. The molecule has 19 heavy (non-hydrogen) atoms. The van der Waals surface area contributed by atoms with Crippen molar-refractivity contribution < 1.29 is 9.59 Å². The molecule has 96 valence electrons. The number of ketones is 2. The fraction of sp³-hybridized carbons (Fsp3) is 0.214. The standard InChI is InChI=1S/C14H11BrN2O2/c1-17-6-12(16-7-17)14(19)11-4-8-2-3-9(15)5-10(8)13(11)18/h2-3,5-7,11H,4H2,1H3. The Kier molecular flexibility index (Phi) is 2.86. The second kappa shape index (κ2) is 4.42. The van der Waals surface area contributed by atoms with Gasteiger partial charge >= 0.3 is 0 Å². The number of Topliss-reactive ketones (excluding diaryl/α,β-unsaturated/α-hetero) is 2. The van der Waals surface area contributed by atoms with E-state index < -0.39 is 5.92 Å². The summed E-state index contributed by atoms with van der Waals surface area (Å²) < 4.78 is 2.56. The minimum atomic E-state index is -0.626. The van der Waals surface area contributed by atoms with Gasteiger partial charge in [0.05, 0.1) is 12.2 Å². The summed E-state index contributed by atoms with van der Waals surface area (Å²) >= 11 is 3.34. The molecule has 0 bridgehead atoms. The Balaban J connectivity index is 1.94. The third-order valence-corrected chi connectivity index (χ3v) is 3.84. The quantitative estimate of drug-likeness (QED) is 0.631. The second-order valence-corrected chi connectivity index (χ2v) is 5.63. The van der Waals surface area contributed by atoms with Gasteiger partial charge in [-0.3, -0.25) is 9.59 Å². The zero-order valence-electron chi connectivity index (χ0n) is 10.3. The summed E-state index contributed by atoms with van der Waals surface area (Å²) in [5.41, 5.74) is 1.93. The van der Waals surface area contributed by atoms with Gasteiger partial charge in [-0.25, -0.2) is 4.98 Å². The number of rotatable bonds is 2. The van der Waals surface area contributed by atoms with Gasteiger partial charge in [0.25, 0.3) is 0 Å². The first kappa shape index (κ1) is 12.3. The van der Waals surface area contributed by atoms with E-state index in [1.807, 2.05) is 12.1 Å². The number of imidazole rings is 1. The van der Waals surface area contributed by atoms with Crippen molar-refractivity contribution in [2.24, 2.45) is 13.0 Å². The Morgan fingerprint density at radius 3 is 2.95 bits per heavy atom. The van der Waals surface area contributed by atoms with Crippen LogP contribution in [0.2, 0.25) is 0 Å². The Bertz CT molecular complexity index is 683. The molecule has 2 aromatic rings. The van der Waals surface area contributed by atoms with Crippen LogP contribution in [-0.4, -0.2) is 21.1 Å². The van der Waals surface area contributed by atoms with Crippen molar-refractivity contribution >= 4 is 27.5 Å². The molecule has 0 saturated heterocycles. The molecule has 1 unspecified atom stereocenters. The minimum Gasteiger partial charge on any atom is -0.340 e. The van der Waals surface area contributed by atoms with Crippen molar-refractivity contribution in [3.63, 3.8) is 0 Å². The van der Waals surface area contributed by atoms with E-state index >= 15 is 0 Å². The van der Waals surface area contributed by atoms with E-state index in [4.69, 9.17) is 0 Å². The number of nitrogens with zero attached hydrogens (tertiary/aromatic N) is 2. The number of hydrogen-bond donors (Lipinski definition) is 0. The van der Waals surface area contributed by atoms with Crippen molar-refractivity contribution in [2.45, 2.75) is 6.42 Å². The van der Waals surface area contributed by atoms with Crippen LogP contribution in [-0.2, 0) is 13.5 Å². The molecule has 0 amide bonds. The first-order valence-electron chi connectivity index (χ1n) is 5.91. The van der Waals surface area contributed by atoms with Crippen LogP contribution in [0.5, 0.6) is 0 Å². The zero-order valence-corrected chi connectivity index (χ0v) is 11.8. The lowest BCUT2D eigenvalue weighted by atomic mass is 9.98. The molecule has 0 N–H and O–H groups in total. The van der Waals surface area contributed by atoms with E-state index in [1.54, 1.807) is 30.2 Å². The molecule has 0 saturated carbocycles. The lowest BCUT2D eigenvalue weighted by Crippen LogP contribution is -2.21. The number of benzene rings is 1. The SMILES string of the molecule is Cn1cnc(C(=O)C2Cc3ccc(Br)cc3C2=O)c1. The van der Waals surface area contributed by atoms with Crippen LogP contribution in [0.15, 0.2) is 35.2 Å². The molecule has 0 spiro atoms. The molecule has 1 heterocycles. The van der Waals surface area contributed by atoms with Gasteiger partial charge in [0, 0.05) is 23.3 Å². The van der Waals surface area contributed by atoms with E-state index in [9.17, 15) is 9.59 Å². The highest BCUT2D eigenvalue weighted by Crippen LogP contribution is 2.30. The van der Waals surface area contributed by atoms with Gasteiger partial charge in [0.15, 0.2) is 11.6 Å². The fourth-order valence-corrected chi connectivity index (χ4v) is 2.75. The molecule has 4 nitrogen and oxygen atoms in total. The number of fused-ring (bicyclic) bond motifs is 1. The summed E-state index contributed by atoms with van der Waals surface area (Å²) in [7, 11) is 1.80. The van der Waals surface area contributed by atoms with Gasteiger partial charge < -0.3 is 4.57 Å². The topological polar surface area (TPSA) is 52.0 Å². The summed E-state index contributed by atoms with van der Waals surface area (Å²) in [5.74, 6) is -0.927. The second-order valence-electron chi connectivity index (χ2n) is 4.71. The lowest BCUT2D eigenvalue weighted by molar-refractivity contribution is 0.0819. The van der Waals surface area contributed by atoms with E-state index in [-0.39, 0.29) is 11.6 Å². The van der Waals surface area contributed by atoms with Gasteiger partial charge in [0.1, 0.15) is 5.69 Å². The van der Waals surface area contributed by atoms with Gasteiger partial charge in [-0.1, -0.05) is 22.0 Å². The third kappa shape index (κ3) is 2.04. The maximum absolute atomic E-state index is 12.3. The van der Waals surface area contributed by atoms with Crippen LogP contribution in [0.1, 0.15) is 26.4 Å². The van der Waals surface area contributed by atoms with Crippen LogP contribution < -0.4 is 0 Å². The van der Waals surface area contributed by atoms with E-state index in [2.05, 4.69) is 20.9 Å². The number of aryl methyl sites for hydroxylation is 1. The van der Waals surface area contributed by atoms with Gasteiger partial charge in [-0.2, -0.15) is 0 Å². The maximum atomic E-state index is 12.3. The molecular weight excluding hydrogens is 308 g/mol. The number of carbonyl (C=O) groups excluding carboxylic acids is 2. The number of carbonyl (C=O) groups is 2. The van der Waals surface area contributed by atoms with Crippen molar-refractivity contribution in [3.8, 4) is 0 Å². The van der Waals surface area contributed by atoms with Crippen molar-refractivity contribution in [1.29, 1.82) is 0 Å². The van der Waals surface area contributed by atoms with Crippen LogP contribution in [0.25, 0.3) is 0 Å². The van der Waals surface area contributed by atoms with Gasteiger partial charge in [0.2, 0.25) is 0 Å². The summed E-state index contributed by atoms with van der Waals surface area (Å²) in [6.45, 7) is 0. The van der Waals surface area contributed by atoms with Crippen LogP contribution in [0.4, 0.5) is 0 Å². The van der Waals surface area contributed by atoms with Crippen LogP contribution >= 0.6 is 15.9 Å². The molecule has 1 aliphatic rings. The van der Waals surface area contributed by atoms with Gasteiger partial charge in [-0.05, 0) is 24.1 Å². The molecule has 5 heteroatoms. The molecule has 1 atom stereocenters. The maximum Gasteiger partial charge on any atom is 0.193 e. The Hall–Kier alpha value is -1.75. The average molecular weight is 319 g/mol. The third-order valence-electron chi connectivity index (χ3n) is 3.35. The predicted octanol–water partition coefficient (Wildman–Crippen LogP) is 2.42. The molecule has 1 aromatic carbocycles. The molecule has 1 aromatic heterocycles. The molecule has 3 rings (SSSR count). The molecule has 1 aliphatic carbocycles. The highest BCUT2D eigenvalue weighted by atomic mass is 79.9. The predicted molar refractivity (Wildman–Crippen MR) is 73.2 cm³/mol. The molecule has 0 radical (unpaired) electrons. The normalized spacial score (nSPS) is 17.6. The number of aromatic nitrogens is 2. The van der Waals surface area contributed by atoms with Gasteiger partial charge in [-0.15, -0.1) is 0 Å². The highest BCUT2D eigenvalue weighted by Gasteiger charge is 2.36. The largest absolute Gasteiger partial charge is 0.340 e. The Labute approximate surface area is 118 Å². The summed E-state index contributed by atoms with van der Waals surface area (Å²) in [4.78, 5) is 28.6. The lowest BCUT2D eigenvalue weighted by Gasteiger charge is -2.03. The summed E-state index contributed by atoms with van der Waals surface area (Å²) in [6.07, 6.45) is 3.68. The minimum absolute atomic E-state index is 0.105. The molecule has 0 aliphatic heterocycles. The Morgan fingerprint density at radius 2 is 2.26 bits per heavy atom. The van der Waals surface area contributed by atoms with E-state index in [0.29, 0.717) is 17.7 Å². The van der Waals surface area contributed by atoms with Crippen LogP contribution in [0.3, 0.4) is 0 Å². The van der Waals surface area contributed by atoms with Crippen LogP contribution in [0, 0.1) is 5.92 Å². The average Bonchev–Trinajstić information content (AvgIpc) is 2.94. The number of halogens is 1. The molecular formula is C14H11BrN2O2. The van der Waals surface area contributed by atoms with E-state index in [1.165, 1.54) is 0 Å². The molecule has 0 fully saturated rings. The first-order chi connectivity index (χ1) is 9.06. The van der Waals surface area contributed by atoms with E-state index in [0.717, 1.165) is 10.0 Å². The monoisotopic (exact) mass is 318 g/mol. The highest BCUT2D eigenvalue weighted by molar-refractivity contribution is 9.10. The Morgan fingerprint density at radius 1 is 1.47 bits per heavy atom. The number of hydrogen-bond acceptors (Lipinski definition) is 3. The van der Waals surface area contributed by atoms with Crippen molar-refractivity contribution in [1.82, 2.24) is 9.55 Å². The first-order valence-corrected chi connectivity index (χ1v) is 6.70. The van der Waals surface area contributed by atoms with Crippen molar-refractivity contribution in [3.05, 3.63) is 52.0 Å². The fourth-order valence-electron chi connectivity index (χ4n) is 2.39.